The molecule has 2 aromatic rings. The van der Waals surface area contributed by atoms with E-state index in [1.165, 1.54) is 0 Å². The van der Waals surface area contributed by atoms with Gasteiger partial charge in [0.1, 0.15) is 5.75 Å². The van der Waals surface area contributed by atoms with Gasteiger partial charge in [0.05, 0.1) is 12.3 Å². The van der Waals surface area contributed by atoms with Crippen molar-refractivity contribution in [3.8, 4) is 17.0 Å². The van der Waals surface area contributed by atoms with Crippen LogP contribution in [0.4, 0.5) is 0 Å². The number of unbranched alkanes of at least 4 members (excludes halogenated alkanes) is 1. The van der Waals surface area contributed by atoms with Crippen LogP contribution in [-0.4, -0.2) is 11.6 Å². The number of nitrogens with zero attached hydrogens (tertiary/aromatic N) is 1. The molecule has 0 atom stereocenters. The van der Waals surface area contributed by atoms with Gasteiger partial charge in [0.25, 0.3) is 0 Å². The van der Waals surface area contributed by atoms with Crippen LogP contribution in [0.25, 0.3) is 11.3 Å². The molecule has 1 aromatic heterocycles. The summed E-state index contributed by atoms with van der Waals surface area (Å²) in [7, 11) is 0. The summed E-state index contributed by atoms with van der Waals surface area (Å²) < 4.78 is 5.86. The van der Waals surface area contributed by atoms with Crippen molar-refractivity contribution >= 4 is 11.6 Å². The topological polar surface area (TPSA) is 22.1 Å². The van der Waals surface area contributed by atoms with E-state index in [2.05, 4.69) is 11.9 Å². The quantitative estimate of drug-likeness (QED) is 0.553. The van der Waals surface area contributed by atoms with Crippen molar-refractivity contribution in [1.82, 2.24) is 4.98 Å². The number of halogens is 1. The van der Waals surface area contributed by atoms with Crippen molar-refractivity contribution < 1.29 is 4.74 Å². The van der Waals surface area contributed by atoms with Crippen LogP contribution in [0, 0.1) is 6.92 Å². The lowest BCUT2D eigenvalue weighted by Gasteiger charge is -2.12. The molecule has 106 valence electrons. The van der Waals surface area contributed by atoms with Crippen LogP contribution in [0.1, 0.15) is 31.0 Å². The van der Waals surface area contributed by atoms with Gasteiger partial charge in [-0.05, 0) is 37.1 Å². The number of aryl methyl sites for hydroxylation is 1. The Balaban J connectivity index is 2.29. The molecule has 0 fully saturated rings. The number of hydrogen-bond donors (Lipinski definition) is 0. The molecule has 0 aliphatic heterocycles. The summed E-state index contributed by atoms with van der Waals surface area (Å²) in [5, 5.41) is 0. The van der Waals surface area contributed by atoms with Gasteiger partial charge in [0.2, 0.25) is 0 Å². The maximum atomic E-state index is 5.88. The SMILES string of the molecule is CCCCOc1ccccc1-c1ccc(CCl)c(C)n1. The Hall–Kier alpha value is -1.54. The van der Waals surface area contributed by atoms with E-state index in [1.54, 1.807) is 0 Å². The third-order valence-corrected chi connectivity index (χ3v) is 3.55. The molecule has 1 aromatic carbocycles. The van der Waals surface area contributed by atoms with Crippen LogP contribution in [-0.2, 0) is 5.88 Å². The molecule has 0 saturated heterocycles. The third kappa shape index (κ3) is 3.51. The molecule has 20 heavy (non-hydrogen) atoms. The number of rotatable bonds is 6. The van der Waals surface area contributed by atoms with Crippen LogP contribution >= 0.6 is 11.6 Å². The van der Waals surface area contributed by atoms with E-state index >= 15 is 0 Å². The summed E-state index contributed by atoms with van der Waals surface area (Å²) in [5.41, 5.74) is 4.01. The number of aromatic nitrogens is 1. The maximum absolute atomic E-state index is 5.88. The van der Waals surface area contributed by atoms with Crippen molar-refractivity contribution in [1.29, 1.82) is 0 Å². The van der Waals surface area contributed by atoms with Crippen LogP contribution in [0.3, 0.4) is 0 Å². The lowest BCUT2D eigenvalue weighted by atomic mass is 10.1. The van der Waals surface area contributed by atoms with Gasteiger partial charge in [-0.15, -0.1) is 11.6 Å². The normalized spacial score (nSPS) is 10.6. The Kier molecular flexibility index (Phi) is 5.42. The van der Waals surface area contributed by atoms with Crippen LogP contribution < -0.4 is 4.74 Å². The number of para-hydroxylation sites is 1. The van der Waals surface area contributed by atoms with Gasteiger partial charge in [-0.3, -0.25) is 4.98 Å². The molecule has 1 heterocycles. The Bertz CT molecular complexity index is 569. The second-order valence-corrected chi connectivity index (χ2v) is 5.04. The third-order valence-electron chi connectivity index (χ3n) is 3.26. The first-order valence-corrected chi connectivity index (χ1v) is 7.54. The van der Waals surface area contributed by atoms with Gasteiger partial charge in [0.15, 0.2) is 0 Å². The zero-order chi connectivity index (χ0) is 14.4. The van der Waals surface area contributed by atoms with E-state index in [0.717, 1.165) is 47.7 Å². The first-order valence-electron chi connectivity index (χ1n) is 7.01. The summed E-state index contributed by atoms with van der Waals surface area (Å²) in [6.07, 6.45) is 2.19. The average molecular weight is 290 g/mol. The van der Waals surface area contributed by atoms with Crippen molar-refractivity contribution in [3.63, 3.8) is 0 Å². The highest BCUT2D eigenvalue weighted by Gasteiger charge is 2.08. The highest BCUT2D eigenvalue weighted by Crippen LogP contribution is 2.29. The first kappa shape index (κ1) is 14.9. The van der Waals surface area contributed by atoms with Crippen molar-refractivity contribution in [2.75, 3.05) is 6.61 Å². The van der Waals surface area contributed by atoms with E-state index in [-0.39, 0.29) is 0 Å². The fourth-order valence-electron chi connectivity index (χ4n) is 2.01. The minimum absolute atomic E-state index is 0.494. The molecule has 0 radical (unpaired) electrons. The number of hydrogen-bond acceptors (Lipinski definition) is 2. The van der Waals surface area contributed by atoms with E-state index in [9.17, 15) is 0 Å². The highest BCUT2D eigenvalue weighted by molar-refractivity contribution is 6.17. The van der Waals surface area contributed by atoms with Gasteiger partial charge in [-0.2, -0.15) is 0 Å². The zero-order valence-corrected chi connectivity index (χ0v) is 12.8. The second-order valence-electron chi connectivity index (χ2n) is 4.77. The minimum atomic E-state index is 0.494. The Labute approximate surface area is 125 Å². The van der Waals surface area contributed by atoms with E-state index in [0.29, 0.717) is 5.88 Å². The van der Waals surface area contributed by atoms with Crippen molar-refractivity contribution in [3.05, 3.63) is 47.7 Å². The van der Waals surface area contributed by atoms with Gasteiger partial charge < -0.3 is 4.74 Å². The molecule has 0 saturated carbocycles. The molecular weight excluding hydrogens is 270 g/mol. The summed E-state index contributed by atoms with van der Waals surface area (Å²) >= 11 is 5.88. The molecule has 2 rings (SSSR count). The minimum Gasteiger partial charge on any atom is -0.493 e. The zero-order valence-electron chi connectivity index (χ0n) is 12.0. The molecular formula is C17H20ClNO. The van der Waals surface area contributed by atoms with Gasteiger partial charge >= 0.3 is 0 Å². The number of benzene rings is 1. The smallest absolute Gasteiger partial charge is 0.128 e. The van der Waals surface area contributed by atoms with Gasteiger partial charge in [0, 0.05) is 17.1 Å². The first-order chi connectivity index (χ1) is 9.76. The van der Waals surface area contributed by atoms with Gasteiger partial charge in [-0.25, -0.2) is 0 Å². The highest BCUT2D eigenvalue weighted by atomic mass is 35.5. The van der Waals surface area contributed by atoms with E-state index in [1.807, 2.05) is 43.3 Å². The molecule has 0 aliphatic rings. The van der Waals surface area contributed by atoms with Crippen molar-refractivity contribution in [2.24, 2.45) is 0 Å². The summed E-state index contributed by atoms with van der Waals surface area (Å²) in [5.74, 6) is 1.39. The van der Waals surface area contributed by atoms with Crippen LogP contribution in [0.2, 0.25) is 0 Å². The molecule has 0 N–H and O–H groups in total. The Morgan fingerprint density at radius 2 is 1.95 bits per heavy atom. The van der Waals surface area contributed by atoms with E-state index in [4.69, 9.17) is 16.3 Å². The predicted octanol–water partition coefficient (Wildman–Crippen LogP) is 4.97. The lowest BCUT2D eigenvalue weighted by molar-refractivity contribution is 0.310. The predicted molar refractivity (Wildman–Crippen MR) is 84.4 cm³/mol. The molecule has 0 bridgehead atoms. The molecule has 3 heteroatoms. The standard InChI is InChI=1S/C17H20ClNO/c1-3-4-11-20-17-8-6-5-7-15(17)16-10-9-14(12-18)13(2)19-16/h5-10H,3-4,11-12H2,1-2H3. The maximum Gasteiger partial charge on any atom is 0.128 e. The van der Waals surface area contributed by atoms with Crippen LogP contribution in [0.5, 0.6) is 5.75 Å². The molecule has 0 amide bonds. The van der Waals surface area contributed by atoms with Crippen LogP contribution in [0.15, 0.2) is 36.4 Å². The number of alkyl halides is 1. The summed E-state index contributed by atoms with van der Waals surface area (Å²) in [6, 6.07) is 12.1. The van der Waals surface area contributed by atoms with Crippen molar-refractivity contribution in [2.45, 2.75) is 32.6 Å². The molecule has 2 nitrogen and oxygen atoms in total. The molecule has 0 unspecified atom stereocenters. The fraction of sp³-hybridized carbons (Fsp3) is 0.353. The Morgan fingerprint density at radius 1 is 1.15 bits per heavy atom. The summed E-state index contributed by atoms with van der Waals surface area (Å²) in [4.78, 5) is 4.64. The van der Waals surface area contributed by atoms with Gasteiger partial charge in [-0.1, -0.05) is 31.5 Å². The monoisotopic (exact) mass is 289 g/mol. The largest absolute Gasteiger partial charge is 0.493 e. The average Bonchev–Trinajstić information content (AvgIpc) is 2.48. The van der Waals surface area contributed by atoms with E-state index < -0.39 is 0 Å². The molecule has 0 spiro atoms. The molecule has 0 aliphatic carbocycles. The fourth-order valence-corrected chi connectivity index (χ4v) is 2.29. The number of pyridine rings is 1. The summed E-state index contributed by atoms with van der Waals surface area (Å²) in [6.45, 7) is 4.89. The lowest BCUT2D eigenvalue weighted by Crippen LogP contribution is -1.99. The second kappa shape index (κ2) is 7.30. The number of ether oxygens (including phenoxy) is 1. The Morgan fingerprint density at radius 3 is 2.65 bits per heavy atom.